The summed E-state index contributed by atoms with van der Waals surface area (Å²) >= 11 is 6.88. The molecule has 1 heterocycles. The fraction of sp³-hybridized carbons (Fsp3) is 0.750. The summed E-state index contributed by atoms with van der Waals surface area (Å²) in [6.07, 6.45) is 5.47. The number of carbonyl (C=O) groups excluding carboxylic acids is 2. The van der Waals surface area contributed by atoms with Crippen molar-refractivity contribution in [3.63, 3.8) is 0 Å². The monoisotopic (exact) mass is 430 g/mol. The van der Waals surface area contributed by atoms with Crippen molar-refractivity contribution in [1.29, 1.82) is 0 Å². The molecule has 0 aromatic carbocycles. The summed E-state index contributed by atoms with van der Waals surface area (Å²) in [6, 6.07) is 0. The highest BCUT2D eigenvalue weighted by Gasteiger charge is 2.27. The van der Waals surface area contributed by atoms with Crippen LogP contribution in [0.4, 0.5) is 0 Å². The van der Waals surface area contributed by atoms with Gasteiger partial charge in [-0.2, -0.15) is 0 Å². The third-order valence-corrected chi connectivity index (χ3v) is 5.72. The first-order valence-electron chi connectivity index (χ1n) is 10.2. The second kappa shape index (κ2) is 13.8. The molecule has 6 nitrogen and oxygen atoms in total. The van der Waals surface area contributed by atoms with Crippen molar-refractivity contribution in [2.45, 2.75) is 53.4 Å². The van der Waals surface area contributed by atoms with Crippen LogP contribution in [0.3, 0.4) is 0 Å². The SMILES string of the molecule is CCCN(CCC)C(=S)S/C(=C/N1CCCC(C(=O)OCC)C1)C(=O)OCC. The predicted molar refractivity (Wildman–Crippen MR) is 118 cm³/mol. The molecule has 1 unspecified atom stereocenters. The first-order chi connectivity index (χ1) is 13.5. The van der Waals surface area contributed by atoms with Crippen LogP contribution in [0, 0.1) is 5.92 Å². The molecule has 0 saturated carbocycles. The largest absolute Gasteiger partial charge is 0.466 e. The number of thiocarbonyl (C=S) groups is 1. The number of hydrogen-bond donors (Lipinski definition) is 0. The van der Waals surface area contributed by atoms with Crippen LogP contribution < -0.4 is 0 Å². The minimum Gasteiger partial charge on any atom is -0.466 e. The van der Waals surface area contributed by atoms with Crippen LogP contribution in [-0.4, -0.2) is 65.5 Å². The lowest BCUT2D eigenvalue weighted by Crippen LogP contribution is -2.37. The Morgan fingerprint density at radius 3 is 2.36 bits per heavy atom. The van der Waals surface area contributed by atoms with Gasteiger partial charge < -0.3 is 19.3 Å². The lowest BCUT2D eigenvalue weighted by molar-refractivity contribution is -0.149. The molecule has 0 radical (unpaired) electrons. The van der Waals surface area contributed by atoms with Crippen LogP contribution in [-0.2, 0) is 19.1 Å². The molecule has 0 N–H and O–H groups in total. The van der Waals surface area contributed by atoms with E-state index in [0.717, 1.165) is 45.3 Å². The minimum absolute atomic E-state index is 0.165. The topological polar surface area (TPSA) is 59.1 Å². The molecule has 1 rings (SSSR count). The number of carbonyl (C=O) groups is 2. The van der Waals surface area contributed by atoms with Gasteiger partial charge in [0.25, 0.3) is 0 Å². The fourth-order valence-electron chi connectivity index (χ4n) is 3.06. The molecule has 1 atom stereocenters. The Bertz CT molecular complexity index is 548. The maximum absolute atomic E-state index is 12.5. The second-order valence-electron chi connectivity index (χ2n) is 6.65. The van der Waals surface area contributed by atoms with E-state index in [1.807, 2.05) is 11.8 Å². The minimum atomic E-state index is -0.374. The molecule has 1 aliphatic rings. The van der Waals surface area contributed by atoms with Gasteiger partial charge in [-0.3, -0.25) is 4.79 Å². The Morgan fingerprint density at radius 1 is 1.14 bits per heavy atom. The van der Waals surface area contributed by atoms with E-state index >= 15 is 0 Å². The van der Waals surface area contributed by atoms with Gasteiger partial charge >= 0.3 is 11.9 Å². The van der Waals surface area contributed by atoms with E-state index in [-0.39, 0.29) is 17.9 Å². The maximum atomic E-state index is 12.5. The van der Waals surface area contributed by atoms with Crippen LogP contribution in [0.5, 0.6) is 0 Å². The number of piperidine rings is 1. The summed E-state index contributed by atoms with van der Waals surface area (Å²) in [5.41, 5.74) is 0. The van der Waals surface area contributed by atoms with E-state index < -0.39 is 0 Å². The van der Waals surface area contributed by atoms with Gasteiger partial charge in [-0.1, -0.05) is 37.8 Å². The van der Waals surface area contributed by atoms with Crippen LogP contribution in [0.25, 0.3) is 0 Å². The van der Waals surface area contributed by atoms with Crippen molar-refractivity contribution in [3.8, 4) is 0 Å². The van der Waals surface area contributed by atoms with Crippen molar-refractivity contribution in [3.05, 3.63) is 11.1 Å². The molecule has 160 valence electrons. The molecular formula is C20H34N2O4S2. The molecule has 1 fully saturated rings. The highest BCUT2D eigenvalue weighted by atomic mass is 32.2. The third-order valence-electron chi connectivity index (χ3n) is 4.29. The lowest BCUT2D eigenvalue weighted by atomic mass is 9.98. The number of rotatable bonds is 10. The first kappa shape index (κ1) is 24.8. The number of likely N-dealkylation sites (tertiary alicyclic amines) is 1. The number of esters is 2. The van der Waals surface area contributed by atoms with Crippen molar-refractivity contribution in [2.75, 3.05) is 39.4 Å². The van der Waals surface area contributed by atoms with Gasteiger partial charge in [-0.05, 0) is 39.5 Å². The first-order valence-corrected chi connectivity index (χ1v) is 11.4. The normalized spacial score (nSPS) is 17.2. The van der Waals surface area contributed by atoms with Crippen LogP contribution >= 0.6 is 24.0 Å². The standard InChI is InChI=1S/C20H34N2O4S2/c1-5-11-22(12-6-2)20(27)28-17(19(24)26-8-4)15-21-13-9-10-16(14-21)18(23)25-7-3/h15-16H,5-14H2,1-4H3/b17-15+. The number of ether oxygens (including phenoxy) is 2. The van der Waals surface area contributed by atoms with Gasteiger partial charge in [0.15, 0.2) is 0 Å². The van der Waals surface area contributed by atoms with E-state index in [1.54, 1.807) is 13.1 Å². The van der Waals surface area contributed by atoms with Crippen molar-refractivity contribution in [2.24, 2.45) is 5.92 Å². The van der Waals surface area contributed by atoms with Crippen molar-refractivity contribution in [1.82, 2.24) is 9.80 Å². The van der Waals surface area contributed by atoms with E-state index in [9.17, 15) is 9.59 Å². The zero-order chi connectivity index (χ0) is 20.9. The van der Waals surface area contributed by atoms with E-state index in [0.29, 0.717) is 29.0 Å². The third kappa shape index (κ3) is 8.39. The Kier molecular flexibility index (Phi) is 12.2. The van der Waals surface area contributed by atoms with E-state index in [2.05, 4.69) is 18.7 Å². The second-order valence-corrected chi connectivity index (χ2v) is 8.33. The fourth-order valence-corrected chi connectivity index (χ4v) is 4.35. The average molecular weight is 431 g/mol. The Hall–Kier alpha value is -1.28. The molecule has 0 aromatic rings. The van der Waals surface area contributed by atoms with Crippen molar-refractivity contribution < 1.29 is 19.1 Å². The quantitative estimate of drug-likeness (QED) is 0.295. The Labute approximate surface area is 179 Å². The highest BCUT2D eigenvalue weighted by molar-refractivity contribution is 8.25. The molecule has 8 heteroatoms. The van der Waals surface area contributed by atoms with Crippen LogP contribution in [0.2, 0.25) is 0 Å². The van der Waals surface area contributed by atoms with Crippen LogP contribution in [0.1, 0.15) is 53.4 Å². The number of thioether (sulfide) groups is 1. The zero-order valence-corrected chi connectivity index (χ0v) is 19.2. The molecular weight excluding hydrogens is 396 g/mol. The number of hydrogen-bond acceptors (Lipinski definition) is 7. The molecule has 0 aliphatic carbocycles. The van der Waals surface area contributed by atoms with E-state index in [4.69, 9.17) is 21.7 Å². The van der Waals surface area contributed by atoms with Gasteiger partial charge in [0.1, 0.15) is 9.23 Å². The lowest BCUT2D eigenvalue weighted by Gasteiger charge is -2.31. The van der Waals surface area contributed by atoms with Gasteiger partial charge in [-0.25, -0.2) is 4.79 Å². The molecule has 1 aliphatic heterocycles. The van der Waals surface area contributed by atoms with Crippen LogP contribution in [0.15, 0.2) is 11.1 Å². The summed E-state index contributed by atoms with van der Waals surface area (Å²) in [4.78, 5) is 29.2. The molecule has 28 heavy (non-hydrogen) atoms. The smallest absolute Gasteiger partial charge is 0.346 e. The summed E-state index contributed by atoms with van der Waals surface area (Å²) in [6.45, 7) is 11.6. The molecule has 1 saturated heterocycles. The summed E-state index contributed by atoms with van der Waals surface area (Å²) < 4.78 is 11.1. The molecule has 0 bridgehead atoms. The molecule has 0 spiro atoms. The highest BCUT2D eigenvalue weighted by Crippen LogP contribution is 2.25. The zero-order valence-electron chi connectivity index (χ0n) is 17.6. The summed E-state index contributed by atoms with van der Waals surface area (Å²) in [5.74, 6) is -0.707. The Morgan fingerprint density at radius 2 is 1.79 bits per heavy atom. The van der Waals surface area contributed by atoms with Gasteiger partial charge in [-0.15, -0.1) is 0 Å². The summed E-state index contributed by atoms with van der Waals surface area (Å²) in [7, 11) is 0. The van der Waals surface area contributed by atoms with Gasteiger partial charge in [0, 0.05) is 32.4 Å². The molecule has 0 aromatic heterocycles. The molecule has 0 amide bonds. The average Bonchev–Trinajstić information content (AvgIpc) is 2.68. The van der Waals surface area contributed by atoms with Crippen molar-refractivity contribution >= 4 is 40.2 Å². The van der Waals surface area contributed by atoms with E-state index in [1.165, 1.54) is 11.8 Å². The Balaban J connectivity index is 2.91. The summed E-state index contributed by atoms with van der Waals surface area (Å²) in [5, 5.41) is 0. The predicted octanol–water partition coefficient (Wildman–Crippen LogP) is 3.81. The van der Waals surface area contributed by atoms with Gasteiger partial charge in [0.05, 0.1) is 19.1 Å². The van der Waals surface area contributed by atoms with Gasteiger partial charge in [0.2, 0.25) is 0 Å². The maximum Gasteiger partial charge on any atom is 0.346 e. The number of nitrogens with zero attached hydrogens (tertiary/aromatic N) is 2.